The molecule has 2 nitrogen and oxygen atoms in total. The van der Waals surface area contributed by atoms with Crippen molar-refractivity contribution in [3.63, 3.8) is 0 Å². The van der Waals surface area contributed by atoms with Crippen LogP contribution in [0, 0.1) is 0 Å². The molecule has 1 aromatic heterocycles. The fraction of sp³-hybridized carbons (Fsp3) is 0.222. The molecule has 3 aromatic carbocycles. The Kier molecular flexibility index (Phi) is 5.92. The number of halogens is 1. The number of hydrogen-bond donors (Lipinski definition) is 0. The highest BCUT2D eigenvalue weighted by molar-refractivity contribution is 9.10. The molecule has 0 aliphatic carbocycles. The molecule has 0 amide bonds. The predicted molar refractivity (Wildman–Crippen MR) is 130 cm³/mol. The number of benzene rings is 3. The number of rotatable bonds is 5. The van der Waals surface area contributed by atoms with Crippen molar-refractivity contribution >= 4 is 15.9 Å². The lowest BCUT2D eigenvalue weighted by atomic mass is 9.92. The predicted octanol–water partition coefficient (Wildman–Crippen LogP) is 8.22. The fourth-order valence-electron chi connectivity index (χ4n) is 4.00. The van der Waals surface area contributed by atoms with Crippen molar-refractivity contribution in [2.45, 2.75) is 39.5 Å². The molecular weight excluding hydrogens is 432 g/mol. The Hall–Kier alpha value is -2.65. The van der Waals surface area contributed by atoms with Crippen LogP contribution in [0.4, 0.5) is 0 Å². The molecule has 3 heteroatoms. The van der Waals surface area contributed by atoms with Crippen LogP contribution in [0.15, 0.2) is 83.6 Å². The first-order valence-corrected chi connectivity index (χ1v) is 11.3. The van der Waals surface area contributed by atoms with E-state index in [2.05, 4.69) is 115 Å². The molecule has 0 aliphatic rings. The van der Waals surface area contributed by atoms with Crippen molar-refractivity contribution in [2.24, 2.45) is 0 Å². The molecule has 0 spiro atoms. The quantitative estimate of drug-likeness (QED) is 0.294. The van der Waals surface area contributed by atoms with Crippen molar-refractivity contribution in [3.8, 4) is 28.2 Å². The van der Waals surface area contributed by atoms with E-state index < -0.39 is 0 Å². The second kappa shape index (κ2) is 8.61. The van der Waals surface area contributed by atoms with E-state index in [4.69, 9.17) is 4.98 Å². The Morgan fingerprint density at radius 1 is 0.733 bits per heavy atom. The second-order valence-corrected chi connectivity index (χ2v) is 9.23. The van der Waals surface area contributed by atoms with Gasteiger partial charge in [-0.25, -0.2) is 4.98 Å². The van der Waals surface area contributed by atoms with Crippen molar-refractivity contribution < 1.29 is 0 Å². The van der Waals surface area contributed by atoms with Gasteiger partial charge >= 0.3 is 0 Å². The Bertz CT molecular complexity index is 1130. The monoisotopic (exact) mass is 458 g/mol. The minimum Gasteiger partial charge on any atom is -0.299 e. The van der Waals surface area contributed by atoms with E-state index in [0.29, 0.717) is 11.8 Å². The Labute approximate surface area is 187 Å². The van der Waals surface area contributed by atoms with E-state index in [-0.39, 0.29) is 0 Å². The molecule has 0 radical (unpaired) electrons. The Morgan fingerprint density at radius 3 is 2.00 bits per heavy atom. The van der Waals surface area contributed by atoms with Crippen LogP contribution >= 0.6 is 15.9 Å². The number of aromatic nitrogens is 2. The van der Waals surface area contributed by atoms with Gasteiger partial charge in [-0.15, -0.1) is 0 Å². The Balaban J connectivity index is 1.92. The minimum atomic E-state index is 0.427. The first-order valence-electron chi connectivity index (χ1n) is 10.5. The van der Waals surface area contributed by atoms with E-state index in [1.54, 1.807) is 0 Å². The first-order chi connectivity index (χ1) is 14.5. The van der Waals surface area contributed by atoms with Crippen LogP contribution in [0.1, 0.15) is 50.7 Å². The van der Waals surface area contributed by atoms with E-state index in [1.807, 2.05) is 12.3 Å². The zero-order valence-corrected chi connectivity index (χ0v) is 19.5. The molecule has 1 heterocycles. The summed E-state index contributed by atoms with van der Waals surface area (Å²) in [5.74, 6) is 1.82. The third-order valence-corrected chi connectivity index (χ3v) is 5.95. The summed E-state index contributed by atoms with van der Waals surface area (Å²) < 4.78 is 3.32. The van der Waals surface area contributed by atoms with Crippen LogP contribution in [-0.2, 0) is 0 Å². The van der Waals surface area contributed by atoms with E-state index in [9.17, 15) is 0 Å². The lowest BCUT2D eigenvalue weighted by Crippen LogP contribution is -2.07. The van der Waals surface area contributed by atoms with Crippen LogP contribution in [0.25, 0.3) is 28.2 Å². The lowest BCUT2D eigenvalue weighted by molar-refractivity contribution is 0.807. The Morgan fingerprint density at radius 2 is 1.37 bits per heavy atom. The molecular formula is C27H27BrN2. The first kappa shape index (κ1) is 20.6. The smallest absolute Gasteiger partial charge is 0.144 e. The molecule has 0 atom stereocenters. The zero-order valence-electron chi connectivity index (χ0n) is 17.9. The van der Waals surface area contributed by atoms with Crippen molar-refractivity contribution in [3.05, 3.63) is 94.7 Å². The van der Waals surface area contributed by atoms with Gasteiger partial charge in [0.1, 0.15) is 5.82 Å². The van der Waals surface area contributed by atoms with Gasteiger partial charge in [-0.2, -0.15) is 0 Å². The molecule has 0 aliphatic heterocycles. The average molecular weight is 459 g/mol. The summed E-state index contributed by atoms with van der Waals surface area (Å²) >= 11 is 3.72. The SMILES string of the molecule is CC(C)c1cccc(C(C)C)c1-n1ccnc1-c1cc(Br)cc(-c2ccccc2)c1. The van der Waals surface area contributed by atoms with E-state index in [0.717, 1.165) is 15.9 Å². The van der Waals surface area contributed by atoms with Gasteiger partial charge in [0, 0.05) is 22.4 Å². The third kappa shape index (κ3) is 3.99. The maximum Gasteiger partial charge on any atom is 0.144 e. The molecule has 4 rings (SSSR count). The number of para-hydroxylation sites is 1. The van der Waals surface area contributed by atoms with E-state index in [1.165, 1.54) is 27.9 Å². The number of imidazole rings is 1. The van der Waals surface area contributed by atoms with Crippen molar-refractivity contribution in [2.75, 3.05) is 0 Å². The minimum absolute atomic E-state index is 0.427. The average Bonchev–Trinajstić information content (AvgIpc) is 3.23. The third-order valence-electron chi connectivity index (χ3n) is 5.49. The highest BCUT2D eigenvalue weighted by atomic mass is 79.9. The summed E-state index contributed by atoms with van der Waals surface area (Å²) in [5, 5.41) is 0. The summed E-state index contributed by atoms with van der Waals surface area (Å²) in [4.78, 5) is 4.78. The van der Waals surface area contributed by atoms with Crippen LogP contribution in [0.3, 0.4) is 0 Å². The van der Waals surface area contributed by atoms with Crippen LogP contribution in [0.2, 0.25) is 0 Å². The second-order valence-electron chi connectivity index (χ2n) is 8.31. The molecule has 0 fully saturated rings. The fourth-order valence-corrected chi connectivity index (χ4v) is 4.50. The summed E-state index contributed by atoms with van der Waals surface area (Å²) in [6.45, 7) is 9.02. The molecule has 0 saturated carbocycles. The van der Waals surface area contributed by atoms with Gasteiger partial charge in [-0.05, 0) is 52.3 Å². The van der Waals surface area contributed by atoms with E-state index >= 15 is 0 Å². The van der Waals surface area contributed by atoms with Gasteiger partial charge < -0.3 is 0 Å². The summed E-state index contributed by atoms with van der Waals surface area (Å²) in [5.41, 5.74) is 7.43. The van der Waals surface area contributed by atoms with Gasteiger partial charge in [0.25, 0.3) is 0 Å². The maximum atomic E-state index is 4.78. The number of nitrogens with zero attached hydrogens (tertiary/aromatic N) is 2. The summed E-state index contributed by atoms with van der Waals surface area (Å²) in [6.07, 6.45) is 3.99. The molecule has 0 N–H and O–H groups in total. The molecule has 30 heavy (non-hydrogen) atoms. The normalized spacial score (nSPS) is 11.4. The molecule has 152 valence electrons. The zero-order chi connectivity index (χ0) is 21.3. The van der Waals surface area contributed by atoms with Gasteiger partial charge in [-0.3, -0.25) is 4.57 Å². The highest BCUT2D eigenvalue weighted by Crippen LogP contribution is 2.35. The van der Waals surface area contributed by atoms with Gasteiger partial charge in [0.2, 0.25) is 0 Å². The molecule has 4 aromatic rings. The van der Waals surface area contributed by atoms with Gasteiger partial charge in [0.05, 0.1) is 5.69 Å². The van der Waals surface area contributed by atoms with Crippen molar-refractivity contribution in [1.82, 2.24) is 9.55 Å². The summed E-state index contributed by atoms with van der Waals surface area (Å²) in [7, 11) is 0. The molecule has 0 bridgehead atoms. The highest BCUT2D eigenvalue weighted by Gasteiger charge is 2.19. The molecule has 0 unspecified atom stereocenters. The van der Waals surface area contributed by atoms with Gasteiger partial charge in [0.15, 0.2) is 0 Å². The topological polar surface area (TPSA) is 17.8 Å². The molecule has 0 saturated heterocycles. The van der Waals surface area contributed by atoms with Crippen LogP contribution in [-0.4, -0.2) is 9.55 Å². The summed E-state index contributed by atoms with van der Waals surface area (Å²) in [6, 6.07) is 23.7. The standard InChI is InChI=1S/C27H27BrN2/c1-18(2)24-11-8-12-25(19(3)4)26(24)30-14-13-29-27(30)22-15-21(16-23(28)17-22)20-9-6-5-7-10-20/h5-19H,1-4H3. The number of hydrogen-bond acceptors (Lipinski definition) is 1. The van der Waals surface area contributed by atoms with Crippen LogP contribution in [0.5, 0.6) is 0 Å². The van der Waals surface area contributed by atoms with Gasteiger partial charge in [-0.1, -0.05) is 92.2 Å². The maximum absolute atomic E-state index is 4.78. The lowest BCUT2D eigenvalue weighted by Gasteiger charge is -2.22. The largest absolute Gasteiger partial charge is 0.299 e. The van der Waals surface area contributed by atoms with Crippen LogP contribution < -0.4 is 0 Å². The van der Waals surface area contributed by atoms with Crippen molar-refractivity contribution in [1.29, 1.82) is 0 Å².